The molecular weight excluding hydrogens is 230 g/mol. The highest BCUT2D eigenvalue weighted by molar-refractivity contribution is 7.87. The molecule has 0 aromatic carbocycles. The molecule has 0 saturated heterocycles. The Morgan fingerprint density at radius 2 is 1.73 bits per heavy atom. The minimum Gasteiger partial charge on any atom is -0.390 e. The van der Waals surface area contributed by atoms with E-state index in [0.29, 0.717) is 0 Å². The van der Waals surface area contributed by atoms with Crippen molar-refractivity contribution in [2.45, 2.75) is 32.2 Å². The van der Waals surface area contributed by atoms with Gasteiger partial charge in [-0.2, -0.15) is 17.9 Å². The lowest BCUT2D eigenvalue weighted by atomic mass is 10.1. The van der Waals surface area contributed by atoms with Crippen molar-refractivity contribution in [3.8, 4) is 0 Å². The minimum absolute atomic E-state index is 0.750. The van der Waals surface area contributed by atoms with Crippen molar-refractivity contribution in [3.05, 3.63) is 0 Å². The third-order valence-corrected chi connectivity index (χ3v) is 2.60. The number of alkyl halides is 2. The second-order valence-corrected chi connectivity index (χ2v) is 5.69. The maximum absolute atomic E-state index is 12.5. The smallest absolute Gasteiger partial charge is 0.283 e. The standard InChI is InChI=1S/C7H16F2N2O3S/c1-6(2,3)11-15(13,14)10-4-7(8,9)5-12/h10-12H,4-5H2,1-3H3. The van der Waals surface area contributed by atoms with Crippen molar-refractivity contribution < 1.29 is 22.3 Å². The molecule has 0 aliphatic rings. The Bertz CT molecular complexity index is 298. The van der Waals surface area contributed by atoms with E-state index in [1.807, 2.05) is 0 Å². The van der Waals surface area contributed by atoms with E-state index >= 15 is 0 Å². The summed E-state index contributed by atoms with van der Waals surface area (Å²) in [5.74, 6) is -3.45. The van der Waals surface area contributed by atoms with E-state index < -0.39 is 34.8 Å². The number of rotatable bonds is 5. The Kier molecular flexibility index (Phi) is 4.59. The van der Waals surface area contributed by atoms with E-state index in [0.717, 1.165) is 0 Å². The molecule has 0 spiro atoms. The minimum atomic E-state index is -3.97. The predicted molar refractivity (Wildman–Crippen MR) is 51.8 cm³/mol. The molecule has 0 rings (SSSR count). The number of nitrogens with one attached hydrogen (secondary N) is 2. The summed E-state index contributed by atoms with van der Waals surface area (Å²) in [5, 5.41) is 8.22. The van der Waals surface area contributed by atoms with Crippen LogP contribution in [0.2, 0.25) is 0 Å². The highest BCUT2D eigenvalue weighted by Gasteiger charge is 2.30. The van der Waals surface area contributed by atoms with Gasteiger partial charge in [0.25, 0.3) is 16.1 Å². The zero-order chi connectivity index (χ0) is 12.3. The zero-order valence-corrected chi connectivity index (χ0v) is 9.66. The van der Waals surface area contributed by atoms with E-state index in [1.54, 1.807) is 25.5 Å². The Balaban J connectivity index is 4.30. The molecule has 92 valence electrons. The predicted octanol–water partition coefficient (Wildman–Crippen LogP) is -0.164. The largest absolute Gasteiger partial charge is 0.390 e. The number of hydrogen-bond acceptors (Lipinski definition) is 3. The first kappa shape index (κ1) is 14.7. The summed E-state index contributed by atoms with van der Waals surface area (Å²) in [6, 6.07) is 0. The monoisotopic (exact) mass is 246 g/mol. The fourth-order valence-electron chi connectivity index (χ4n) is 0.696. The van der Waals surface area contributed by atoms with Gasteiger partial charge in [0, 0.05) is 5.54 Å². The third-order valence-electron chi connectivity index (χ3n) is 1.19. The normalized spacial score (nSPS) is 14.3. The molecule has 0 aromatic rings. The van der Waals surface area contributed by atoms with Crippen LogP contribution >= 0.6 is 0 Å². The van der Waals surface area contributed by atoms with Crippen LogP contribution in [0.15, 0.2) is 0 Å². The van der Waals surface area contributed by atoms with Gasteiger partial charge in [0.15, 0.2) is 0 Å². The summed E-state index contributed by atoms with van der Waals surface area (Å²) < 4.78 is 51.2. The lowest BCUT2D eigenvalue weighted by Gasteiger charge is -2.21. The molecule has 0 radical (unpaired) electrons. The first-order chi connectivity index (χ1) is 6.47. The van der Waals surface area contributed by atoms with Crippen LogP contribution in [-0.4, -0.2) is 38.1 Å². The van der Waals surface area contributed by atoms with Gasteiger partial charge in [-0.3, -0.25) is 0 Å². The molecule has 0 amide bonds. The third kappa shape index (κ3) is 7.60. The zero-order valence-electron chi connectivity index (χ0n) is 8.84. The van der Waals surface area contributed by atoms with E-state index in [1.165, 1.54) is 0 Å². The average molecular weight is 246 g/mol. The van der Waals surface area contributed by atoms with Gasteiger partial charge in [-0.1, -0.05) is 0 Å². The molecular formula is C7H16F2N2O3S. The Hall–Kier alpha value is -0.310. The summed E-state index contributed by atoms with van der Waals surface area (Å²) in [5.41, 5.74) is -0.750. The lowest BCUT2D eigenvalue weighted by molar-refractivity contribution is -0.0438. The number of aliphatic hydroxyl groups is 1. The number of hydrogen-bond donors (Lipinski definition) is 3. The Morgan fingerprint density at radius 3 is 2.07 bits per heavy atom. The fourth-order valence-corrected chi connectivity index (χ4v) is 1.98. The van der Waals surface area contributed by atoms with E-state index in [-0.39, 0.29) is 0 Å². The summed E-state index contributed by atoms with van der Waals surface area (Å²) >= 11 is 0. The van der Waals surface area contributed by atoms with Gasteiger partial charge in [-0.05, 0) is 20.8 Å². The molecule has 0 bridgehead atoms. The quantitative estimate of drug-likeness (QED) is 0.630. The Labute approximate surface area is 88.1 Å². The topological polar surface area (TPSA) is 78.4 Å². The second kappa shape index (κ2) is 4.69. The first-order valence-electron chi connectivity index (χ1n) is 4.25. The lowest BCUT2D eigenvalue weighted by Crippen LogP contribution is -2.50. The van der Waals surface area contributed by atoms with Gasteiger partial charge in [-0.25, -0.2) is 8.78 Å². The van der Waals surface area contributed by atoms with Crippen LogP contribution in [0, 0.1) is 0 Å². The van der Waals surface area contributed by atoms with Crippen LogP contribution in [0.1, 0.15) is 20.8 Å². The van der Waals surface area contributed by atoms with Crippen LogP contribution in [0.5, 0.6) is 0 Å². The molecule has 0 saturated carbocycles. The van der Waals surface area contributed by atoms with Gasteiger partial charge >= 0.3 is 0 Å². The molecule has 0 fully saturated rings. The van der Waals surface area contributed by atoms with Crippen LogP contribution < -0.4 is 9.44 Å². The maximum Gasteiger partial charge on any atom is 0.283 e. The molecule has 0 unspecified atom stereocenters. The van der Waals surface area contributed by atoms with E-state index in [9.17, 15) is 17.2 Å². The van der Waals surface area contributed by atoms with Gasteiger partial charge in [0.2, 0.25) is 0 Å². The molecule has 0 aromatic heterocycles. The SMILES string of the molecule is CC(C)(C)NS(=O)(=O)NCC(F)(F)CO. The van der Waals surface area contributed by atoms with Crippen molar-refractivity contribution in [3.63, 3.8) is 0 Å². The van der Waals surface area contributed by atoms with E-state index in [4.69, 9.17) is 5.11 Å². The van der Waals surface area contributed by atoms with Crippen LogP contribution in [-0.2, 0) is 10.2 Å². The van der Waals surface area contributed by atoms with Crippen LogP contribution in [0.4, 0.5) is 8.78 Å². The van der Waals surface area contributed by atoms with Gasteiger partial charge in [-0.15, -0.1) is 0 Å². The van der Waals surface area contributed by atoms with Crippen molar-refractivity contribution in [1.82, 2.24) is 9.44 Å². The Morgan fingerprint density at radius 1 is 1.27 bits per heavy atom. The van der Waals surface area contributed by atoms with Gasteiger partial charge < -0.3 is 5.11 Å². The molecule has 0 atom stereocenters. The molecule has 0 heterocycles. The summed E-state index contributed by atoms with van der Waals surface area (Å²) in [7, 11) is -3.97. The number of halogens is 2. The van der Waals surface area contributed by atoms with Crippen LogP contribution in [0.3, 0.4) is 0 Å². The first-order valence-corrected chi connectivity index (χ1v) is 5.73. The van der Waals surface area contributed by atoms with Gasteiger partial charge in [0.05, 0.1) is 6.54 Å². The van der Waals surface area contributed by atoms with Gasteiger partial charge in [0.1, 0.15) is 6.61 Å². The maximum atomic E-state index is 12.5. The van der Waals surface area contributed by atoms with Crippen molar-refractivity contribution in [2.75, 3.05) is 13.2 Å². The molecule has 15 heavy (non-hydrogen) atoms. The summed E-state index contributed by atoms with van der Waals surface area (Å²) in [6.45, 7) is 2.21. The molecule has 0 aliphatic carbocycles. The highest BCUT2D eigenvalue weighted by Crippen LogP contribution is 2.10. The summed E-state index contributed by atoms with van der Waals surface area (Å²) in [4.78, 5) is 0. The van der Waals surface area contributed by atoms with Crippen molar-refractivity contribution >= 4 is 10.2 Å². The highest BCUT2D eigenvalue weighted by atomic mass is 32.2. The van der Waals surface area contributed by atoms with E-state index in [2.05, 4.69) is 4.72 Å². The second-order valence-electron chi connectivity index (χ2n) is 4.19. The molecule has 5 nitrogen and oxygen atoms in total. The van der Waals surface area contributed by atoms with Crippen molar-refractivity contribution in [1.29, 1.82) is 0 Å². The van der Waals surface area contributed by atoms with Crippen LogP contribution in [0.25, 0.3) is 0 Å². The summed E-state index contributed by atoms with van der Waals surface area (Å²) in [6.07, 6.45) is 0. The molecule has 8 heteroatoms. The number of aliphatic hydroxyl groups excluding tert-OH is 1. The fraction of sp³-hybridized carbons (Fsp3) is 1.00. The molecule has 3 N–H and O–H groups in total. The average Bonchev–Trinajstić information content (AvgIpc) is 1.97. The van der Waals surface area contributed by atoms with Crippen molar-refractivity contribution in [2.24, 2.45) is 0 Å². The molecule has 0 aliphatic heterocycles.